The molecule has 0 aliphatic rings. The van der Waals surface area contributed by atoms with E-state index < -0.39 is 22.0 Å². The van der Waals surface area contributed by atoms with E-state index in [2.05, 4.69) is 9.46 Å². The molecule has 124 valence electrons. The third kappa shape index (κ3) is 4.05. The van der Waals surface area contributed by atoms with Gasteiger partial charge in [0.15, 0.2) is 0 Å². The Hall–Kier alpha value is -1.12. The number of sulfonamides is 1. The highest BCUT2D eigenvalue weighted by molar-refractivity contribution is 7.89. The smallest absolute Gasteiger partial charge is 0.349 e. The summed E-state index contributed by atoms with van der Waals surface area (Å²) in [5.74, 6) is -0.697. The second-order valence-corrected chi connectivity index (χ2v) is 8.06. The highest BCUT2D eigenvalue weighted by Crippen LogP contribution is 2.29. The molecule has 0 saturated carbocycles. The van der Waals surface area contributed by atoms with Crippen molar-refractivity contribution in [1.29, 1.82) is 0 Å². The molecular formula is C14H13Cl2NO4S2. The van der Waals surface area contributed by atoms with Crippen LogP contribution in [-0.2, 0) is 14.8 Å². The summed E-state index contributed by atoms with van der Waals surface area (Å²) in [6.45, 7) is 1.65. The Balaban J connectivity index is 2.31. The minimum absolute atomic E-state index is 0.0226. The van der Waals surface area contributed by atoms with Crippen molar-refractivity contribution in [2.75, 3.05) is 7.11 Å². The first kappa shape index (κ1) is 18.2. The molecule has 0 aliphatic heterocycles. The van der Waals surface area contributed by atoms with E-state index in [1.165, 1.54) is 24.6 Å². The van der Waals surface area contributed by atoms with Crippen LogP contribution in [0.5, 0.6) is 0 Å². The van der Waals surface area contributed by atoms with Crippen LogP contribution in [0.1, 0.15) is 28.2 Å². The maximum atomic E-state index is 12.5. The number of methoxy groups -OCH3 is 1. The first-order chi connectivity index (χ1) is 10.8. The largest absolute Gasteiger partial charge is 0.465 e. The predicted octanol–water partition coefficient (Wildman–Crippen LogP) is 3.88. The van der Waals surface area contributed by atoms with Gasteiger partial charge in [0.25, 0.3) is 0 Å². The third-order valence-corrected chi connectivity index (χ3v) is 6.22. The summed E-state index contributed by atoms with van der Waals surface area (Å²) in [6, 6.07) is 5.56. The molecule has 0 saturated heterocycles. The van der Waals surface area contributed by atoms with E-state index in [4.69, 9.17) is 23.2 Å². The lowest BCUT2D eigenvalue weighted by Gasteiger charge is -2.16. The van der Waals surface area contributed by atoms with E-state index in [0.29, 0.717) is 15.6 Å². The minimum Gasteiger partial charge on any atom is -0.465 e. The van der Waals surface area contributed by atoms with Crippen molar-refractivity contribution in [3.8, 4) is 0 Å². The van der Waals surface area contributed by atoms with Gasteiger partial charge in [0.05, 0.1) is 7.11 Å². The number of hydrogen-bond acceptors (Lipinski definition) is 5. The van der Waals surface area contributed by atoms with Gasteiger partial charge in [-0.15, -0.1) is 11.3 Å². The Morgan fingerprint density at radius 2 is 2.00 bits per heavy atom. The maximum absolute atomic E-state index is 12.5. The van der Waals surface area contributed by atoms with Crippen molar-refractivity contribution in [2.24, 2.45) is 0 Å². The molecule has 1 heterocycles. The molecule has 9 heteroatoms. The molecule has 0 aliphatic carbocycles. The van der Waals surface area contributed by atoms with Gasteiger partial charge in [-0.1, -0.05) is 29.3 Å². The van der Waals surface area contributed by atoms with Crippen LogP contribution < -0.4 is 4.72 Å². The normalized spacial score (nSPS) is 12.9. The fourth-order valence-electron chi connectivity index (χ4n) is 1.96. The summed E-state index contributed by atoms with van der Waals surface area (Å²) >= 11 is 12.9. The van der Waals surface area contributed by atoms with Gasteiger partial charge in [-0.3, -0.25) is 0 Å². The van der Waals surface area contributed by atoms with Gasteiger partial charge in [0.2, 0.25) is 10.0 Å². The van der Waals surface area contributed by atoms with Crippen LogP contribution in [0.2, 0.25) is 10.0 Å². The van der Waals surface area contributed by atoms with Gasteiger partial charge >= 0.3 is 5.97 Å². The van der Waals surface area contributed by atoms with Crippen LogP contribution in [-0.4, -0.2) is 21.5 Å². The summed E-state index contributed by atoms with van der Waals surface area (Å²) in [5, 5.41) is 2.33. The molecule has 0 amide bonds. The third-order valence-electron chi connectivity index (χ3n) is 3.05. The molecule has 0 spiro atoms. The van der Waals surface area contributed by atoms with Gasteiger partial charge in [-0.25, -0.2) is 17.9 Å². The first-order valence-electron chi connectivity index (χ1n) is 6.39. The van der Waals surface area contributed by atoms with Crippen molar-refractivity contribution in [2.45, 2.75) is 17.9 Å². The summed E-state index contributed by atoms with van der Waals surface area (Å²) in [4.78, 5) is 11.6. The lowest BCUT2D eigenvalue weighted by Crippen LogP contribution is -2.28. The standard InChI is InChI=1S/C14H13Cl2NO4S2/c1-8(10-4-3-9(15)7-11(10)16)17-23(19,20)12-5-6-22-13(12)14(18)21-2/h3-8,17H,1-2H3. The Labute approximate surface area is 148 Å². The lowest BCUT2D eigenvalue weighted by atomic mass is 10.1. The zero-order chi connectivity index (χ0) is 17.2. The average molecular weight is 394 g/mol. The number of ether oxygens (including phenoxy) is 1. The Morgan fingerprint density at radius 1 is 1.30 bits per heavy atom. The maximum Gasteiger partial charge on any atom is 0.349 e. The van der Waals surface area contributed by atoms with E-state index in [1.54, 1.807) is 19.1 Å². The number of halogens is 2. The molecule has 5 nitrogen and oxygen atoms in total. The van der Waals surface area contributed by atoms with Gasteiger partial charge < -0.3 is 4.74 Å². The molecule has 23 heavy (non-hydrogen) atoms. The molecule has 1 N–H and O–H groups in total. The number of hydrogen-bond donors (Lipinski definition) is 1. The number of carbonyl (C=O) groups is 1. The van der Waals surface area contributed by atoms with Crippen molar-refractivity contribution >= 4 is 50.5 Å². The zero-order valence-electron chi connectivity index (χ0n) is 12.2. The number of rotatable bonds is 5. The topological polar surface area (TPSA) is 72.5 Å². The fourth-order valence-corrected chi connectivity index (χ4v) is 5.09. The molecule has 2 aromatic rings. The van der Waals surface area contributed by atoms with E-state index >= 15 is 0 Å². The molecule has 1 atom stereocenters. The first-order valence-corrected chi connectivity index (χ1v) is 9.51. The molecule has 0 fully saturated rings. The van der Waals surface area contributed by atoms with Crippen LogP contribution in [0.4, 0.5) is 0 Å². The van der Waals surface area contributed by atoms with Gasteiger partial charge in [0, 0.05) is 16.1 Å². The van der Waals surface area contributed by atoms with Crippen LogP contribution >= 0.6 is 34.5 Å². The van der Waals surface area contributed by atoms with E-state index in [-0.39, 0.29) is 9.77 Å². The molecule has 0 radical (unpaired) electrons. The lowest BCUT2D eigenvalue weighted by molar-refractivity contribution is 0.0602. The van der Waals surface area contributed by atoms with Gasteiger partial charge in [0.1, 0.15) is 9.77 Å². The summed E-state index contributed by atoms with van der Waals surface area (Å²) < 4.78 is 32.1. The van der Waals surface area contributed by atoms with Gasteiger partial charge in [-0.05, 0) is 36.1 Å². The zero-order valence-corrected chi connectivity index (χ0v) is 15.3. The second-order valence-electron chi connectivity index (χ2n) is 4.61. The van der Waals surface area contributed by atoms with Crippen LogP contribution in [0.15, 0.2) is 34.5 Å². The fraction of sp³-hybridized carbons (Fsp3) is 0.214. The predicted molar refractivity (Wildman–Crippen MR) is 90.9 cm³/mol. The quantitative estimate of drug-likeness (QED) is 0.782. The van der Waals surface area contributed by atoms with Crippen molar-refractivity contribution < 1.29 is 17.9 Å². The van der Waals surface area contributed by atoms with Crippen molar-refractivity contribution in [3.63, 3.8) is 0 Å². The Morgan fingerprint density at radius 3 is 2.61 bits per heavy atom. The molecule has 1 aromatic heterocycles. The Bertz CT molecular complexity index is 833. The van der Waals surface area contributed by atoms with Crippen molar-refractivity contribution in [3.05, 3.63) is 50.1 Å². The van der Waals surface area contributed by atoms with Crippen LogP contribution in [0.3, 0.4) is 0 Å². The number of thiophene rings is 1. The monoisotopic (exact) mass is 393 g/mol. The van der Waals surface area contributed by atoms with Crippen LogP contribution in [0.25, 0.3) is 0 Å². The number of benzene rings is 1. The minimum atomic E-state index is -3.91. The molecule has 1 unspecified atom stereocenters. The molecule has 2 rings (SSSR count). The summed E-state index contributed by atoms with van der Waals surface area (Å²) in [7, 11) is -2.71. The SMILES string of the molecule is COC(=O)c1sccc1S(=O)(=O)NC(C)c1ccc(Cl)cc1Cl. The van der Waals surface area contributed by atoms with E-state index in [1.807, 2.05) is 0 Å². The molecule has 1 aromatic carbocycles. The van der Waals surface area contributed by atoms with Crippen LogP contribution in [0, 0.1) is 0 Å². The van der Waals surface area contributed by atoms with Gasteiger partial charge in [-0.2, -0.15) is 0 Å². The average Bonchev–Trinajstić information content (AvgIpc) is 2.96. The molecular weight excluding hydrogens is 381 g/mol. The van der Waals surface area contributed by atoms with E-state index in [0.717, 1.165) is 11.3 Å². The van der Waals surface area contributed by atoms with E-state index in [9.17, 15) is 13.2 Å². The Kier molecular flexibility index (Phi) is 5.70. The summed E-state index contributed by atoms with van der Waals surface area (Å²) in [5.41, 5.74) is 0.578. The highest BCUT2D eigenvalue weighted by atomic mass is 35.5. The number of esters is 1. The number of nitrogens with one attached hydrogen (secondary N) is 1. The molecule has 0 bridgehead atoms. The van der Waals surface area contributed by atoms with Crippen molar-refractivity contribution in [1.82, 2.24) is 4.72 Å². The number of carbonyl (C=O) groups excluding carboxylic acids is 1. The highest BCUT2D eigenvalue weighted by Gasteiger charge is 2.27. The summed E-state index contributed by atoms with van der Waals surface area (Å²) in [6.07, 6.45) is 0. The second kappa shape index (κ2) is 7.19.